The van der Waals surface area contributed by atoms with Crippen molar-refractivity contribution in [3.8, 4) is 0 Å². The highest BCUT2D eigenvalue weighted by atomic mass is 127. The zero-order valence-electron chi connectivity index (χ0n) is 5.56. The molecule has 0 aliphatic heterocycles. The van der Waals surface area contributed by atoms with Gasteiger partial charge in [-0.1, -0.05) is 0 Å². The molecular weight excluding hydrogens is 227 g/mol. The molecule has 0 N–H and O–H groups in total. The van der Waals surface area contributed by atoms with Gasteiger partial charge in [-0.05, 0) is 43.2 Å². The first kappa shape index (κ1) is 8.81. The zero-order chi connectivity index (χ0) is 7.28. The standard InChI is InChI=1S/C6H9IN2/c1-5(7)4-9-6(2)8-3/h4H,3H2,1-2H3/b5-4+,9-6?. The van der Waals surface area contributed by atoms with Gasteiger partial charge >= 0.3 is 0 Å². The molecular formula is C6H9IN2. The first-order valence-corrected chi connectivity index (χ1v) is 3.58. The summed E-state index contributed by atoms with van der Waals surface area (Å²) in [6.45, 7) is 7.11. The Kier molecular flexibility index (Phi) is 4.57. The lowest BCUT2D eigenvalue weighted by molar-refractivity contribution is 1.45. The van der Waals surface area contributed by atoms with Crippen LogP contribution < -0.4 is 0 Å². The Labute approximate surface area is 68.9 Å². The number of halogens is 1. The average Bonchev–Trinajstić information content (AvgIpc) is 1.83. The summed E-state index contributed by atoms with van der Waals surface area (Å²) in [5, 5.41) is 0. The van der Waals surface area contributed by atoms with Crippen LogP contribution in [0.4, 0.5) is 0 Å². The van der Waals surface area contributed by atoms with Crippen LogP contribution in [0.3, 0.4) is 0 Å². The van der Waals surface area contributed by atoms with Crippen LogP contribution in [0.1, 0.15) is 13.8 Å². The largest absolute Gasteiger partial charge is 0.250 e. The minimum Gasteiger partial charge on any atom is -0.250 e. The molecule has 3 heteroatoms. The summed E-state index contributed by atoms with van der Waals surface area (Å²) >= 11 is 2.18. The lowest BCUT2D eigenvalue weighted by atomic mass is 10.6. The van der Waals surface area contributed by atoms with E-state index < -0.39 is 0 Å². The molecule has 0 aliphatic carbocycles. The fraction of sp³-hybridized carbons (Fsp3) is 0.333. The van der Waals surface area contributed by atoms with Gasteiger partial charge in [-0.15, -0.1) is 0 Å². The van der Waals surface area contributed by atoms with E-state index in [-0.39, 0.29) is 0 Å². The molecule has 0 bridgehead atoms. The van der Waals surface area contributed by atoms with Gasteiger partial charge in [0.05, 0.1) is 0 Å². The normalized spacial score (nSPS) is 13.7. The van der Waals surface area contributed by atoms with Crippen LogP contribution in [0.5, 0.6) is 0 Å². The molecule has 50 valence electrons. The van der Waals surface area contributed by atoms with E-state index in [1.54, 1.807) is 6.20 Å². The number of hydrogen-bond donors (Lipinski definition) is 0. The van der Waals surface area contributed by atoms with E-state index in [0.717, 1.165) is 3.58 Å². The molecule has 0 aliphatic rings. The van der Waals surface area contributed by atoms with E-state index in [1.165, 1.54) is 0 Å². The minimum atomic E-state index is 0.700. The van der Waals surface area contributed by atoms with Crippen molar-refractivity contribution < 1.29 is 0 Å². The first-order chi connectivity index (χ1) is 4.16. The van der Waals surface area contributed by atoms with Crippen LogP contribution in [-0.2, 0) is 0 Å². The van der Waals surface area contributed by atoms with E-state index in [9.17, 15) is 0 Å². The summed E-state index contributed by atoms with van der Waals surface area (Å²) < 4.78 is 1.13. The Morgan fingerprint density at radius 2 is 2.11 bits per heavy atom. The Hall–Kier alpha value is -0.190. The number of amidine groups is 1. The molecule has 0 heterocycles. The summed E-state index contributed by atoms with van der Waals surface area (Å²) in [6, 6.07) is 0. The molecule has 0 saturated carbocycles. The second kappa shape index (κ2) is 4.67. The molecule has 0 unspecified atom stereocenters. The van der Waals surface area contributed by atoms with Gasteiger partial charge in [0.15, 0.2) is 0 Å². The highest BCUT2D eigenvalue weighted by molar-refractivity contribution is 14.1. The summed E-state index contributed by atoms with van der Waals surface area (Å²) in [4.78, 5) is 7.57. The van der Waals surface area contributed by atoms with Crippen molar-refractivity contribution in [2.75, 3.05) is 0 Å². The van der Waals surface area contributed by atoms with Gasteiger partial charge in [0.25, 0.3) is 0 Å². The van der Waals surface area contributed by atoms with Gasteiger partial charge in [-0.2, -0.15) is 0 Å². The maximum atomic E-state index is 3.96. The third-order valence-corrected chi connectivity index (χ3v) is 0.937. The fourth-order valence-corrected chi connectivity index (χ4v) is 0.362. The lowest BCUT2D eigenvalue weighted by Gasteiger charge is -1.84. The number of rotatable bonds is 1. The summed E-state index contributed by atoms with van der Waals surface area (Å²) in [6.07, 6.45) is 1.75. The Morgan fingerprint density at radius 3 is 2.44 bits per heavy atom. The second-order valence-electron chi connectivity index (χ2n) is 1.55. The highest BCUT2D eigenvalue weighted by Gasteiger charge is 1.78. The van der Waals surface area contributed by atoms with Gasteiger partial charge in [0, 0.05) is 9.78 Å². The third kappa shape index (κ3) is 5.68. The molecule has 0 radical (unpaired) electrons. The summed E-state index contributed by atoms with van der Waals surface area (Å²) in [5.41, 5.74) is 0. The van der Waals surface area contributed by atoms with Crippen molar-refractivity contribution in [1.29, 1.82) is 0 Å². The molecule has 0 aromatic rings. The van der Waals surface area contributed by atoms with Crippen molar-refractivity contribution in [1.82, 2.24) is 0 Å². The molecule has 0 amide bonds. The van der Waals surface area contributed by atoms with Crippen molar-refractivity contribution in [2.24, 2.45) is 9.98 Å². The van der Waals surface area contributed by atoms with E-state index in [1.807, 2.05) is 13.8 Å². The highest BCUT2D eigenvalue weighted by Crippen LogP contribution is 2.02. The Balaban J connectivity index is 3.98. The zero-order valence-corrected chi connectivity index (χ0v) is 7.71. The Bertz CT molecular complexity index is 154. The predicted molar refractivity (Wildman–Crippen MR) is 50.4 cm³/mol. The van der Waals surface area contributed by atoms with Gasteiger partial charge in [-0.3, -0.25) is 0 Å². The third-order valence-electron chi connectivity index (χ3n) is 0.658. The van der Waals surface area contributed by atoms with Crippen molar-refractivity contribution in [3.05, 3.63) is 9.78 Å². The molecule has 0 saturated heterocycles. The summed E-state index contributed by atoms with van der Waals surface area (Å²) in [7, 11) is 0. The van der Waals surface area contributed by atoms with E-state index in [0.29, 0.717) is 5.84 Å². The van der Waals surface area contributed by atoms with Gasteiger partial charge < -0.3 is 0 Å². The lowest BCUT2D eigenvalue weighted by Crippen LogP contribution is -1.79. The first-order valence-electron chi connectivity index (χ1n) is 2.50. The number of allylic oxidation sites excluding steroid dienone is 1. The van der Waals surface area contributed by atoms with Gasteiger partial charge in [0.1, 0.15) is 5.84 Å². The average molecular weight is 236 g/mol. The second-order valence-corrected chi connectivity index (χ2v) is 3.25. The molecule has 2 nitrogen and oxygen atoms in total. The number of nitrogens with zero attached hydrogens (tertiary/aromatic N) is 2. The van der Waals surface area contributed by atoms with Crippen LogP contribution in [0.25, 0.3) is 0 Å². The van der Waals surface area contributed by atoms with Crippen molar-refractivity contribution in [2.45, 2.75) is 13.8 Å². The van der Waals surface area contributed by atoms with Crippen LogP contribution in [0.15, 0.2) is 19.8 Å². The van der Waals surface area contributed by atoms with E-state index in [2.05, 4.69) is 39.3 Å². The number of hydrogen-bond acceptors (Lipinski definition) is 1. The van der Waals surface area contributed by atoms with Gasteiger partial charge in [0.2, 0.25) is 0 Å². The predicted octanol–water partition coefficient (Wildman–Crippen LogP) is 2.40. The van der Waals surface area contributed by atoms with Crippen molar-refractivity contribution in [3.63, 3.8) is 0 Å². The molecule has 0 atom stereocenters. The van der Waals surface area contributed by atoms with E-state index >= 15 is 0 Å². The SMILES string of the molecule is C=NC(C)=N/C=C(\C)I. The molecule has 0 aromatic heterocycles. The molecule has 0 aromatic carbocycles. The smallest absolute Gasteiger partial charge is 0.124 e. The molecule has 0 fully saturated rings. The quantitative estimate of drug-likeness (QED) is 0.379. The van der Waals surface area contributed by atoms with Crippen LogP contribution in [0.2, 0.25) is 0 Å². The van der Waals surface area contributed by atoms with Gasteiger partial charge in [-0.25, -0.2) is 9.98 Å². The summed E-state index contributed by atoms with van der Waals surface area (Å²) in [5.74, 6) is 0.700. The van der Waals surface area contributed by atoms with Crippen LogP contribution >= 0.6 is 22.6 Å². The fourth-order valence-electron chi connectivity index (χ4n) is 0.223. The van der Waals surface area contributed by atoms with E-state index in [4.69, 9.17) is 0 Å². The van der Waals surface area contributed by atoms with Crippen LogP contribution in [-0.4, -0.2) is 12.6 Å². The minimum absolute atomic E-state index is 0.700. The topological polar surface area (TPSA) is 24.7 Å². The molecule has 0 spiro atoms. The Morgan fingerprint density at radius 1 is 1.56 bits per heavy atom. The molecule has 0 rings (SSSR count). The maximum absolute atomic E-state index is 3.96. The maximum Gasteiger partial charge on any atom is 0.124 e. The molecule has 9 heavy (non-hydrogen) atoms. The van der Waals surface area contributed by atoms with Crippen LogP contribution in [0, 0.1) is 0 Å². The monoisotopic (exact) mass is 236 g/mol. The number of aliphatic imine (C=N–C) groups is 2. The van der Waals surface area contributed by atoms with Crippen molar-refractivity contribution >= 4 is 35.1 Å².